The summed E-state index contributed by atoms with van der Waals surface area (Å²) in [5.41, 5.74) is 1.71. The minimum Gasteiger partial charge on any atom is -0.455 e. The Morgan fingerprint density at radius 3 is 2.87 bits per heavy atom. The second kappa shape index (κ2) is 9.73. The van der Waals surface area contributed by atoms with Crippen molar-refractivity contribution in [3.8, 4) is 0 Å². The molecule has 156 valence electrons. The van der Waals surface area contributed by atoms with Crippen molar-refractivity contribution in [1.82, 2.24) is 20.3 Å². The zero-order chi connectivity index (χ0) is 20.8. The van der Waals surface area contributed by atoms with Gasteiger partial charge in [0.15, 0.2) is 10.9 Å². The lowest BCUT2D eigenvalue weighted by atomic mass is 10.3. The number of carbonyl (C=O) groups is 1. The van der Waals surface area contributed by atoms with Crippen molar-refractivity contribution in [2.75, 3.05) is 31.2 Å². The summed E-state index contributed by atoms with van der Waals surface area (Å²) in [6, 6.07) is 11.1. The van der Waals surface area contributed by atoms with Gasteiger partial charge in [0.05, 0.1) is 31.2 Å². The number of rotatable bonds is 7. The number of aromatic nitrogens is 3. The normalized spacial score (nSPS) is 14.0. The maximum atomic E-state index is 12.3. The first-order valence-electron chi connectivity index (χ1n) is 9.75. The summed E-state index contributed by atoms with van der Waals surface area (Å²) in [6.45, 7) is 5.40. The molecule has 0 saturated carbocycles. The van der Waals surface area contributed by atoms with Gasteiger partial charge in [-0.1, -0.05) is 17.8 Å². The van der Waals surface area contributed by atoms with Gasteiger partial charge in [-0.2, -0.15) is 0 Å². The molecular formula is C21H23N5O3S. The first-order valence-corrected chi connectivity index (χ1v) is 10.7. The highest BCUT2D eigenvalue weighted by molar-refractivity contribution is 7.98. The van der Waals surface area contributed by atoms with Gasteiger partial charge in [0, 0.05) is 31.0 Å². The Kier molecular flexibility index (Phi) is 6.60. The lowest BCUT2D eigenvalue weighted by Gasteiger charge is -2.28. The lowest BCUT2D eigenvalue weighted by molar-refractivity contribution is 0.0921. The lowest BCUT2D eigenvalue weighted by Crippen LogP contribution is -2.36. The summed E-state index contributed by atoms with van der Waals surface area (Å²) >= 11 is 1.49. The van der Waals surface area contributed by atoms with Gasteiger partial charge >= 0.3 is 0 Å². The van der Waals surface area contributed by atoms with Crippen molar-refractivity contribution in [3.05, 3.63) is 65.5 Å². The number of ether oxygens (including phenoxy) is 1. The molecule has 0 radical (unpaired) electrons. The third-order valence-electron chi connectivity index (χ3n) is 4.54. The molecule has 9 heteroatoms. The quantitative estimate of drug-likeness (QED) is 0.456. The van der Waals surface area contributed by atoms with Crippen molar-refractivity contribution in [2.45, 2.75) is 24.4 Å². The molecule has 4 rings (SSSR count). The zero-order valence-electron chi connectivity index (χ0n) is 16.7. The van der Waals surface area contributed by atoms with Gasteiger partial charge in [0.1, 0.15) is 11.6 Å². The zero-order valence-corrected chi connectivity index (χ0v) is 17.5. The van der Waals surface area contributed by atoms with Crippen LogP contribution in [0.15, 0.2) is 52.2 Å². The Hall–Kier alpha value is -2.91. The fraction of sp³-hybridized carbons (Fsp3) is 0.333. The molecule has 1 amide bonds. The molecule has 1 aliphatic heterocycles. The predicted molar refractivity (Wildman–Crippen MR) is 113 cm³/mol. The van der Waals surface area contributed by atoms with Gasteiger partial charge in [-0.3, -0.25) is 9.78 Å². The summed E-state index contributed by atoms with van der Waals surface area (Å²) < 4.78 is 11.1. The number of nitrogens with zero attached hydrogens (tertiary/aromatic N) is 4. The van der Waals surface area contributed by atoms with Crippen LogP contribution in [0.3, 0.4) is 0 Å². The fourth-order valence-electron chi connectivity index (χ4n) is 3.02. The number of pyridine rings is 1. The average molecular weight is 426 g/mol. The molecule has 0 atom stereocenters. The van der Waals surface area contributed by atoms with Crippen LogP contribution in [-0.4, -0.2) is 47.2 Å². The van der Waals surface area contributed by atoms with E-state index < -0.39 is 0 Å². The highest BCUT2D eigenvalue weighted by Gasteiger charge is 2.15. The Bertz CT molecular complexity index is 989. The maximum Gasteiger partial charge on any atom is 0.287 e. The third kappa shape index (κ3) is 5.37. The predicted octanol–water partition coefficient (Wildman–Crippen LogP) is 2.83. The van der Waals surface area contributed by atoms with Crippen LogP contribution >= 0.6 is 11.8 Å². The summed E-state index contributed by atoms with van der Waals surface area (Å²) in [6.07, 6.45) is 1.70. The van der Waals surface area contributed by atoms with Crippen LogP contribution in [0.5, 0.6) is 0 Å². The van der Waals surface area contributed by atoms with Crippen LogP contribution in [-0.2, 0) is 17.0 Å². The number of thioether (sulfide) groups is 1. The van der Waals surface area contributed by atoms with Crippen molar-refractivity contribution < 1.29 is 13.9 Å². The monoisotopic (exact) mass is 425 g/mol. The molecule has 8 nitrogen and oxygen atoms in total. The number of furan rings is 1. The molecule has 0 bridgehead atoms. The summed E-state index contributed by atoms with van der Waals surface area (Å²) in [5, 5.41) is 3.50. The van der Waals surface area contributed by atoms with Crippen LogP contribution in [0, 0.1) is 6.92 Å². The number of anilines is 1. The van der Waals surface area contributed by atoms with E-state index in [-0.39, 0.29) is 11.7 Å². The van der Waals surface area contributed by atoms with E-state index in [0.717, 1.165) is 30.3 Å². The van der Waals surface area contributed by atoms with Crippen molar-refractivity contribution >= 4 is 23.5 Å². The first kappa shape index (κ1) is 20.4. The second-order valence-corrected chi connectivity index (χ2v) is 7.75. The van der Waals surface area contributed by atoms with E-state index in [1.807, 2.05) is 31.2 Å². The van der Waals surface area contributed by atoms with E-state index in [1.165, 1.54) is 11.8 Å². The molecule has 0 aromatic carbocycles. The molecule has 0 unspecified atom stereocenters. The first-order chi connectivity index (χ1) is 14.7. The van der Waals surface area contributed by atoms with E-state index in [2.05, 4.69) is 25.2 Å². The van der Waals surface area contributed by atoms with E-state index >= 15 is 0 Å². The SMILES string of the molecule is Cc1cc(N2CCOCC2)nc(SCc2ccc(C(=O)NCc3ccccn3)o2)n1. The van der Waals surface area contributed by atoms with Crippen molar-refractivity contribution in [1.29, 1.82) is 0 Å². The molecule has 0 aliphatic carbocycles. The number of morpholine rings is 1. The molecule has 0 spiro atoms. The topological polar surface area (TPSA) is 93.4 Å². The molecule has 30 heavy (non-hydrogen) atoms. The number of nitrogens with one attached hydrogen (secondary N) is 1. The van der Waals surface area contributed by atoms with Gasteiger partial charge in [-0.15, -0.1) is 0 Å². The summed E-state index contributed by atoms with van der Waals surface area (Å²) in [5.74, 6) is 2.17. The fourth-order valence-corrected chi connectivity index (χ4v) is 3.81. The highest BCUT2D eigenvalue weighted by Crippen LogP contribution is 2.24. The van der Waals surface area contributed by atoms with Gasteiger partial charge in [-0.05, 0) is 31.2 Å². The number of amides is 1. The van der Waals surface area contributed by atoms with E-state index in [0.29, 0.717) is 36.4 Å². The number of hydrogen-bond acceptors (Lipinski definition) is 8. The molecule has 1 fully saturated rings. The van der Waals surface area contributed by atoms with Crippen LogP contribution in [0.1, 0.15) is 27.7 Å². The molecule has 1 saturated heterocycles. The van der Waals surface area contributed by atoms with Crippen LogP contribution in [0.2, 0.25) is 0 Å². The number of hydrogen-bond donors (Lipinski definition) is 1. The van der Waals surface area contributed by atoms with Crippen LogP contribution in [0.4, 0.5) is 5.82 Å². The van der Waals surface area contributed by atoms with Crippen molar-refractivity contribution in [3.63, 3.8) is 0 Å². The minimum atomic E-state index is -0.265. The number of aryl methyl sites for hydroxylation is 1. The Morgan fingerprint density at radius 2 is 2.07 bits per heavy atom. The van der Waals surface area contributed by atoms with Gasteiger partial charge in [-0.25, -0.2) is 9.97 Å². The van der Waals surface area contributed by atoms with Crippen LogP contribution in [0.25, 0.3) is 0 Å². The molecule has 4 heterocycles. The van der Waals surface area contributed by atoms with Crippen LogP contribution < -0.4 is 10.2 Å². The second-order valence-electron chi connectivity index (χ2n) is 6.81. The smallest absolute Gasteiger partial charge is 0.287 e. The largest absolute Gasteiger partial charge is 0.455 e. The van der Waals surface area contributed by atoms with Gasteiger partial charge in [0.2, 0.25) is 0 Å². The standard InChI is InChI=1S/C21H23N5O3S/c1-15-12-19(26-8-10-28-11-9-26)25-21(24-15)30-14-17-5-6-18(29-17)20(27)23-13-16-4-2-3-7-22-16/h2-7,12H,8-11,13-14H2,1H3,(H,23,27). The Balaban J connectivity index is 1.34. The molecule has 1 aliphatic rings. The Labute approximate surface area is 179 Å². The van der Waals surface area contributed by atoms with Gasteiger partial charge < -0.3 is 19.4 Å². The van der Waals surface area contributed by atoms with Gasteiger partial charge in [0.25, 0.3) is 5.91 Å². The maximum absolute atomic E-state index is 12.3. The number of carbonyl (C=O) groups excluding carboxylic acids is 1. The minimum absolute atomic E-state index is 0.265. The highest BCUT2D eigenvalue weighted by atomic mass is 32.2. The molecule has 3 aromatic heterocycles. The third-order valence-corrected chi connectivity index (χ3v) is 5.41. The van der Waals surface area contributed by atoms with E-state index in [4.69, 9.17) is 9.15 Å². The molecule has 1 N–H and O–H groups in total. The summed E-state index contributed by atoms with van der Waals surface area (Å²) in [7, 11) is 0. The summed E-state index contributed by atoms with van der Waals surface area (Å²) in [4.78, 5) is 27.9. The molecular weight excluding hydrogens is 402 g/mol. The van der Waals surface area contributed by atoms with E-state index in [9.17, 15) is 4.79 Å². The Morgan fingerprint density at radius 1 is 1.20 bits per heavy atom. The van der Waals surface area contributed by atoms with E-state index in [1.54, 1.807) is 18.3 Å². The van der Waals surface area contributed by atoms with Crippen molar-refractivity contribution in [2.24, 2.45) is 0 Å². The molecule has 3 aromatic rings. The average Bonchev–Trinajstić information content (AvgIpc) is 3.26.